The summed E-state index contributed by atoms with van der Waals surface area (Å²) in [5.74, 6) is 0. The predicted octanol–water partition coefficient (Wildman–Crippen LogP) is 6.96. The average molecular weight is 412 g/mol. The highest BCUT2D eigenvalue weighted by atomic mass is 16.6. The zero-order chi connectivity index (χ0) is 22.0. The van der Waals surface area contributed by atoms with Crippen LogP contribution in [0.4, 0.5) is 5.69 Å². The van der Waals surface area contributed by atoms with Gasteiger partial charge in [0.2, 0.25) is 0 Å². The first-order valence-electron chi connectivity index (χ1n) is 11.0. The van der Waals surface area contributed by atoms with E-state index in [4.69, 9.17) is 0 Å². The number of fused-ring (bicyclic) bond motifs is 4. The van der Waals surface area contributed by atoms with Gasteiger partial charge in [-0.1, -0.05) is 54.1 Å². The molecule has 0 unspecified atom stereocenters. The smallest absolute Gasteiger partial charge is 0.258 e. The number of hydrogen-bond donors (Lipinski definition) is 0. The number of nitro benzene ring substituents is 1. The van der Waals surface area contributed by atoms with Crippen molar-refractivity contribution in [2.24, 2.45) is 0 Å². The van der Waals surface area contributed by atoms with Gasteiger partial charge in [-0.3, -0.25) is 10.1 Å². The highest BCUT2D eigenvalue weighted by Gasteiger charge is 2.16. The zero-order valence-electron chi connectivity index (χ0n) is 18.6. The second kappa shape index (κ2) is 8.89. The van der Waals surface area contributed by atoms with Crippen LogP contribution in [0.3, 0.4) is 0 Å². The molecule has 158 valence electrons. The molecule has 31 heavy (non-hydrogen) atoms. The number of aryl methyl sites for hydroxylation is 5. The van der Waals surface area contributed by atoms with Gasteiger partial charge in [0.15, 0.2) is 0 Å². The molecular formula is C28H29NO2. The highest BCUT2D eigenvalue weighted by Crippen LogP contribution is 2.29. The van der Waals surface area contributed by atoms with E-state index >= 15 is 0 Å². The molecule has 3 nitrogen and oxygen atoms in total. The van der Waals surface area contributed by atoms with Gasteiger partial charge < -0.3 is 0 Å². The molecule has 3 aromatic carbocycles. The van der Waals surface area contributed by atoms with Crippen LogP contribution in [0.5, 0.6) is 0 Å². The van der Waals surface area contributed by atoms with Crippen molar-refractivity contribution in [2.45, 2.75) is 52.9 Å². The molecule has 0 N–H and O–H groups in total. The van der Waals surface area contributed by atoms with Gasteiger partial charge in [-0.25, -0.2) is 0 Å². The predicted molar refractivity (Wildman–Crippen MR) is 129 cm³/mol. The third-order valence-electron chi connectivity index (χ3n) is 6.57. The largest absolute Gasteiger partial charge is 0.269 e. The van der Waals surface area contributed by atoms with Crippen molar-refractivity contribution in [3.05, 3.63) is 109 Å². The summed E-state index contributed by atoms with van der Waals surface area (Å²) < 4.78 is 0. The summed E-state index contributed by atoms with van der Waals surface area (Å²) in [5.41, 5.74) is 11.5. The molecule has 1 aliphatic rings. The maximum Gasteiger partial charge on any atom is 0.269 e. The van der Waals surface area contributed by atoms with Crippen molar-refractivity contribution in [1.29, 1.82) is 0 Å². The Bertz CT molecular complexity index is 1160. The van der Waals surface area contributed by atoms with Crippen molar-refractivity contribution < 1.29 is 4.92 Å². The van der Waals surface area contributed by atoms with Gasteiger partial charge in [-0.05, 0) is 97.4 Å². The van der Waals surface area contributed by atoms with E-state index in [1.54, 1.807) is 12.1 Å². The van der Waals surface area contributed by atoms with Gasteiger partial charge in [0.1, 0.15) is 0 Å². The summed E-state index contributed by atoms with van der Waals surface area (Å²) in [4.78, 5) is 11.2. The van der Waals surface area contributed by atoms with Gasteiger partial charge in [0.25, 0.3) is 5.69 Å². The maximum absolute atomic E-state index is 11.4. The molecule has 0 atom stereocenters. The molecule has 0 fully saturated rings. The summed E-state index contributed by atoms with van der Waals surface area (Å²) in [6.07, 6.45) is 8.95. The van der Waals surface area contributed by atoms with Crippen LogP contribution in [0.15, 0.2) is 48.5 Å². The molecule has 0 saturated heterocycles. The van der Waals surface area contributed by atoms with Crippen LogP contribution in [0.1, 0.15) is 56.5 Å². The Morgan fingerprint density at radius 2 is 1.19 bits per heavy atom. The molecule has 0 saturated carbocycles. The number of nitro groups is 1. The Morgan fingerprint density at radius 1 is 0.710 bits per heavy atom. The van der Waals surface area contributed by atoms with Crippen LogP contribution in [-0.4, -0.2) is 4.92 Å². The molecule has 4 bridgehead atoms. The minimum Gasteiger partial charge on any atom is -0.258 e. The number of rotatable bonds is 3. The van der Waals surface area contributed by atoms with E-state index in [0.717, 1.165) is 43.2 Å². The van der Waals surface area contributed by atoms with Crippen LogP contribution in [0, 0.1) is 30.9 Å². The number of nitrogens with zero attached hydrogens (tertiary/aromatic N) is 1. The number of hydrogen-bond acceptors (Lipinski definition) is 2. The monoisotopic (exact) mass is 411 g/mol. The fourth-order valence-corrected chi connectivity index (χ4v) is 4.54. The lowest BCUT2D eigenvalue weighted by molar-refractivity contribution is -0.385. The lowest BCUT2D eigenvalue weighted by atomic mass is 9.92. The van der Waals surface area contributed by atoms with E-state index in [1.165, 1.54) is 38.9 Å². The molecule has 0 aliphatic heterocycles. The number of benzene rings is 3. The molecule has 3 aromatic rings. The van der Waals surface area contributed by atoms with Crippen LogP contribution in [0.2, 0.25) is 0 Å². The Balaban J connectivity index is 1.68. The van der Waals surface area contributed by atoms with E-state index in [9.17, 15) is 10.1 Å². The molecule has 4 rings (SSSR count). The first-order valence-corrected chi connectivity index (χ1v) is 11.0. The van der Waals surface area contributed by atoms with Crippen LogP contribution in [-0.2, 0) is 25.7 Å². The third-order valence-corrected chi connectivity index (χ3v) is 6.57. The Morgan fingerprint density at radius 3 is 1.77 bits per heavy atom. The second-order valence-electron chi connectivity index (χ2n) is 8.71. The quantitative estimate of drug-likeness (QED) is 0.265. The van der Waals surface area contributed by atoms with E-state index in [0.29, 0.717) is 0 Å². The first-order chi connectivity index (χ1) is 14.9. The Kier molecular flexibility index (Phi) is 6.03. The van der Waals surface area contributed by atoms with Gasteiger partial charge in [0.05, 0.1) is 4.92 Å². The van der Waals surface area contributed by atoms with E-state index in [1.807, 2.05) is 0 Å². The standard InChI is InChI=1S/C28H29NO2/c1-19-7-9-22(10-8-19)11-12-23-15-24-5-4-6-25-17-28(29(30)31)18-27(21(25)3)14-13-26(16-23)20(24)2/h7-12,15-18H,4-6,13-14H2,1-3H3/b12-11+. The molecule has 0 spiro atoms. The average Bonchev–Trinajstić information content (AvgIpc) is 2.75. The molecule has 0 heterocycles. The summed E-state index contributed by atoms with van der Waals surface area (Å²) in [5, 5.41) is 11.4. The fourth-order valence-electron chi connectivity index (χ4n) is 4.54. The van der Waals surface area contributed by atoms with E-state index < -0.39 is 0 Å². The normalized spacial score (nSPS) is 13.8. The molecule has 1 aliphatic carbocycles. The van der Waals surface area contributed by atoms with Crippen molar-refractivity contribution in [1.82, 2.24) is 0 Å². The lowest BCUT2D eigenvalue weighted by Gasteiger charge is -2.13. The van der Waals surface area contributed by atoms with Gasteiger partial charge in [-0.15, -0.1) is 0 Å². The van der Waals surface area contributed by atoms with Gasteiger partial charge in [0, 0.05) is 12.1 Å². The molecule has 0 radical (unpaired) electrons. The van der Waals surface area contributed by atoms with Crippen molar-refractivity contribution in [3.63, 3.8) is 0 Å². The van der Waals surface area contributed by atoms with Crippen molar-refractivity contribution in [2.75, 3.05) is 0 Å². The fraction of sp³-hybridized carbons (Fsp3) is 0.286. The molecule has 0 amide bonds. The lowest BCUT2D eigenvalue weighted by Crippen LogP contribution is -2.02. The topological polar surface area (TPSA) is 43.1 Å². The summed E-state index contributed by atoms with van der Waals surface area (Å²) in [6.45, 7) is 6.44. The summed E-state index contributed by atoms with van der Waals surface area (Å²) >= 11 is 0. The molecular weight excluding hydrogens is 382 g/mol. The van der Waals surface area contributed by atoms with E-state index in [2.05, 4.69) is 69.3 Å². The molecule has 0 aromatic heterocycles. The first kappa shape index (κ1) is 21.0. The van der Waals surface area contributed by atoms with Crippen LogP contribution < -0.4 is 0 Å². The highest BCUT2D eigenvalue weighted by molar-refractivity contribution is 5.70. The van der Waals surface area contributed by atoms with Gasteiger partial charge >= 0.3 is 0 Å². The Hall–Kier alpha value is -3.20. The number of non-ortho nitro benzene ring substituents is 1. The van der Waals surface area contributed by atoms with Gasteiger partial charge in [-0.2, -0.15) is 0 Å². The van der Waals surface area contributed by atoms with Crippen LogP contribution >= 0.6 is 0 Å². The Labute approximate surface area is 184 Å². The maximum atomic E-state index is 11.4. The van der Waals surface area contributed by atoms with E-state index in [-0.39, 0.29) is 10.6 Å². The minimum atomic E-state index is -0.259. The SMILES string of the molecule is Cc1ccc(/C=C/c2cc3c(C)c(c2)CCc2cc([N+](=O)[O-])cc(c2C)CCC3)cc1. The van der Waals surface area contributed by atoms with Crippen molar-refractivity contribution in [3.8, 4) is 0 Å². The van der Waals surface area contributed by atoms with Crippen molar-refractivity contribution >= 4 is 17.8 Å². The summed E-state index contributed by atoms with van der Waals surface area (Å²) in [7, 11) is 0. The van der Waals surface area contributed by atoms with Crippen LogP contribution in [0.25, 0.3) is 12.2 Å². The summed E-state index contributed by atoms with van der Waals surface area (Å²) in [6, 6.07) is 16.7. The zero-order valence-corrected chi connectivity index (χ0v) is 18.6. The second-order valence-corrected chi connectivity index (χ2v) is 8.71. The third kappa shape index (κ3) is 4.77. The minimum absolute atomic E-state index is 0.222. The molecule has 3 heteroatoms.